The van der Waals surface area contributed by atoms with Crippen molar-refractivity contribution in [2.24, 2.45) is 7.05 Å². The summed E-state index contributed by atoms with van der Waals surface area (Å²) in [7, 11) is -1.60. The van der Waals surface area contributed by atoms with Crippen molar-refractivity contribution in [2.75, 3.05) is 13.1 Å². The van der Waals surface area contributed by atoms with Crippen LogP contribution < -0.4 is 5.32 Å². The summed E-state index contributed by atoms with van der Waals surface area (Å²) >= 11 is 1.68. The lowest BCUT2D eigenvalue weighted by Gasteiger charge is -2.25. The second-order valence-electron chi connectivity index (χ2n) is 8.74. The molecule has 0 bridgehead atoms. The molecule has 34 heavy (non-hydrogen) atoms. The summed E-state index contributed by atoms with van der Waals surface area (Å²) < 4.78 is 30.8. The molecular formula is C25H28N4O3S2. The van der Waals surface area contributed by atoms with Crippen molar-refractivity contribution in [3.05, 3.63) is 59.2 Å². The minimum absolute atomic E-state index is 0.0318. The first-order chi connectivity index (χ1) is 16.4. The van der Waals surface area contributed by atoms with Crippen LogP contribution in [0.2, 0.25) is 0 Å². The predicted octanol–water partition coefficient (Wildman–Crippen LogP) is 4.21. The molecule has 7 nitrogen and oxygen atoms in total. The third-order valence-electron chi connectivity index (χ3n) is 6.51. The van der Waals surface area contributed by atoms with Crippen molar-refractivity contribution in [3.8, 4) is 0 Å². The lowest BCUT2D eigenvalue weighted by molar-refractivity contribution is -0.121. The molecule has 1 fully saturated rings. The number of hydrogen-bond donors (Lipinski definition) is 1. The summed E-state index contributed by atoms with van der Waals surface area (Å²) in [5.74, 6) is 0.731. The zero-order valence-electron chi connectivity index (χ0n) is 19.2. The van der Waals surface area contributed by atoms with Gasteiger partial charge in [-0.15, -0.1) is 11.3 Å². The number of carbonyl (C=O) groups is 1. The molecule has 1 aliphatic rings. The highest BCUT2D eigenvalue weighted by molar-refractivity contribution is 7.89. The summed E-state index contributed by atoms with van der Waals surface area (Å²) in [5, 5.41) is 6.28. The van der Waals surface area contributed by atoms with Crippen LogP contribution in [-0.4, -0.2) is 41.3 Å². The van der Waals surface area contributed by atoms with Crippen molar-refractivity contribution in [2.45, 2.75) is 43.5 Å². The molecular weight excluding hydrogens is 468 g/mol. The van der Waals surface area contributed by atoms with Gasteiger partial charge in [0.15, 0.2) is 0 Å². The Morgan fingerprint density at radius 2 is 1.91 bits per heavy atom. The number of rotatable bonds is 7. The number of sulfonamides is 1. The van der Waals surface area contributed by atoms with Gasteiger partial charge in [-0.05, 0) is 53.4 Å². The maximum absolute atomic E-state index is 13.0. The van der Waals surface area contributed by atoms with Crippen LogP contribution in [0, 0.1) is 0 Å². The van der Waals surface area contributed by atoms with Gasteiger partial charge in [0.05, 0.1) is 15.9 Å². The van der Waals surface area contributed by atoms with Gasteiger partial charge in [0.25, 0.3) is 0 Å². The third-order valence-corrected chi connectivity index (χ3v) is 9.42. The zero-order valence-corrected chi connectivity index (χ0v) is 20.8. The topological polar surface area (TPSA) is 84.3 Å². The first kappa shape index (κ1) is 23.0. The van der Waals surface area contributed by atoms with E-state index >= 15 is 0 Å². The Hall–Kier alpha value is -2.75. The third kappa shape index (κ3) is 4.47. The molecule has 0 radical (unpaired) electrons. The molecule has 0 spiro atoms. The summed E-state index contributed by atoms with van der Waals surface area (Å²) in [6, 6.07) is 13.3. The number of amides is 1. The van der Waals surface area contributed by atoms with Gasteiger partial charge in [-0.3, -0.25) is 4.79 Å². The number of aromatic nitrogens is 2. The second-order valence-corrected chi connectivity index (χ2v) is 11.6. The van der Waals surface area contributed by atoms with Crippen molar-refractivity contribution in [1.82, 2.24) is 19.2 Å². The molecule has 0 saturated carbocycles. The van der Waals surface area contributed by atoms with E-state index in [0.717, 1.165) is 36.2 Å². The summed E-state index contributed by atoms with van der Waals surface area (Å²) in [6.45, 7) is 1.65. The molecule has 2 aromatic heterocycles. The molecule has 2 aromatic carbocycles. The number of carbonyl (C=O) groups excluding carboxylic acids is 1. The molecule has 1 saturated heterocycles. The molecule has 1 aliphatic heterocycles. The van der Waals surface area contributed by atoms with E-state index < -0.39 is 10.0 Å². The van der Waals surface area contributed by atoms with Crippen LogP contribution in [0.15, 0.2) is 52.7 Å². The molecule has 1 N–H and O–H groups in total. The normalized spacial score (nSPS) is 15.2. The highest BCUT2D eigenvalue weighted by Gasteiger charge is 2.26. The zero-order chi connectivity index (χ0) is 23.7. The Kier molecular flexibility index (Phi) is 6.42. The summed E-state index contributed by atoms with van der Waals surface area (Å²) in [5.41, 5.74) is 2.62. The van der Waals surface area contributed by atoms with E-state index in [1.807, 2.05) is 29.8 Å². The number of thiophene rings is 1. The van der Waals surface area contributed by atoms with E-state index in [-0.39, 0.29) is 10.8 Å². The number of nitrogens with one attached hydrogen (secondary N) is 1. The fourth-order valence-corrected chi connectivity index (χ4v) is 7.05. The van der Waals surface area contributed by atoms with E-state index in [1.165, 1.54) is 10.1 Å². The van der Waals surface area contributed by atoms with Crippen molar-refractivity contribution < 1.29 is 13.2 Å². The van der Waals surface area contributed by atoms with Gasteiger partial charge >= 0.3 is 0 Å². The number of aryl methyl sites for hydroxylation is 2. The number of nitrogens with zero attached hydrogens (tertiary/aromatic N) is 3. The van der Waals surface area contributed by atoms with Crippen molar-refractivity contribution in [1.29, 1.82) is 0 Å². The fourth-order valence-electron chi connectivity index (χ4n) is 4.55. The van der Waals surface area contributed by atoms with Crippen LogP contribution in [-0.2, 0) is 34.8 Å². The maximum Gasteiger partial charge on any atom is 0.243 e. The molecule has 5 rings (SSSR count). The molecule has 1 amide bonds. The van der Waals surface area contributed by atoms with Gasteiger partial charge in [0, 0.05) is 44.2 Å². The SMILES string of the molecule is Cn1c(CCC(=O)NCc2csc3ccccc23)nc2cc(S(=O)(=O)N3CCCCC3)ccc21. The number of benzene rings is 2. The monoisotopic (exact) mass is 496 g/mol. The molecule has 0 atom stereocenters. The average molecular weight is 497 g/mol. The van der Waals surface area contributed by atoms with Crippen LogP contribution in [0.25, 0.3) is 21.1 Å². The smallest absolute Gasteiger partial charge is 0.243 e. The Morgan fingerprint density at radius 3 is 2.74 bits per heavy atom. The average Bonchev–Trinajstić information content (AvgIpc) is 3.42. The Morgan fingerprint density at radius 1 is 1.12 bits per heavy atom. The first-order valence-electron chi connectivity index (χ1n) is 11.6. The minimum atomic E-state index is -3.51. The predicted molar refractivity (Wildman–Crippen MR) is 135 cm³/mol. The molecule has 9 heteroatoms. The second kappa shape index (κ2) is 9.48. The quantitative estimate of drug-likeness (QED) is 0.415. The van der Waals surface area contributed by atoms with Crippen LogP contribution in [0.3, 0.4) is 0 Å². The minimum Gasteiger partial charge on any atom is -0.352 e. The van der Waals surface area contributed by atoms with Crippen molar-refractivity contribution in [3.63, 3.8) is 0 Å². The highest BCUT2D eigenvalue weighted by Crippen LogP contribution is 2.26. The Labute approximate surface area is 203 Å². The van der Waals surface area contributed by atoms with Gasteiger partial charge in [0.1, 0.15) is 5.82 Å². The first-order valence-corrected chi connectivity index (χ1v) is 13.9. The standard InChI is InChI=1S/C25H28N4O3S2/c1-28-22-10-9-19(34(31,32)29-13-5-2-6-14-29)15-21(22)27-24(28)11-12-25(30)26-16-18-17-33-23-8-4-3-7-20(18)23/h3-4,7-10,15,17H,2,5-6,11-14,16H2,1H3,(H,26,30). The van der Waals surface area contributed by atoms with Crippen LogP contribution in [0.4, 0.5) is 0 Å². The van der Waals surface area contributed by atoms with E-state index in [2.05, 4.69) is 27.8 Å². The number of hydrogen-bond acceptors (Lipinski definition) is 5. The number of imidazole rings is 1. The van der Waals surface area contributed by atoms with Gasteiger partial charge in [-0.2, -0.15) is 4.31 Å². The molecule has 0 unspecified atom stereocenters. The maximum atomic E-state index is 13.0. The van der Waals surface area contributed by atoms with Gasteiger partial charge in [-0.1, -0.05) is 24.6 Å². The van der Waals surface area contributed by atoms with Crippen LogP contribution >= 0.6 is 11.3 Å². The van der Waals surface area contributed by atoms with E-state index in [4.69, 9.17) is 0 Å². The molecule has 0 aliphatic carbocycles. The van der Waals surface area contributed by atoms with Crippen LogP contribution in [0.5, 0.6) is 0 Å². The van der Waals surface area contributed by atoms with E-state index in [1.54, 1.807) is 27.8 Å². The number of piperidine rings is 1. The van der Waals surface area contributed by atoms with Crippen LogP contribution in [0.1, 0.15) is 37.1 Å². The summed E-state index contributed by atoms with van der Waals surface area (Å²) in [6.07, 6.45) is 3.68. The van der Waals surface area contributed by atoms with E-state index in [0.29, 0.717) is 38.0 Å². The molecule has 178 valence electrons. The molecule has 3 heterocycles. The van der Waals surface area contributed by atoms with Gasteiger partial charge in [0.2, 0.25) is 15.9 Å². The fraction of sp³-hybridized carbons (Fsp3) is 0.360. The Bertz CT molecular complexity index is 1450. The van der Waals surface area contributed by atoms with E-state index in [9.17, 15) is 13.2 Å². The summed E-state index contributed by atoms with van der Waals surface area (Å²) in [4.78, 5) is 17.4. The lowest BCUT2D eigenvalue weighted by Crippen LogP contribution is -2.35. The largest absolute Gasteiger partial charge is 0.352 e. The number of fused-ring (bicyclic) bond motifs is 2. The lowest BCUT2D eigenvalue weighted by atomic mass is 10.2. The highest BCUT2D eigenvalue weighted by atomic mass is 32.2. The van der Waals surface area contributed by atoms with Crippen molar-refractivity contribution >= 4 is 48.4 Å². The van der Waals surface area contributed by atoms with Gasteiger partial charge in [-0.25, -0.2) is 13.4 Å². The molecule has 4 aromatic rings. The Balaban J connectivity index is 1.25. The van der Waals surface area contributed by atoms with Gasteiger partial charge < -0.3 is 9.88 Å².